The van der Waals surface area contributed by atoms with Crippen LogP contribution >= 0.6 is 11.6 Å². The van der Waals surface area contributed by atoms with Gasteiger partial charge in [0.25, 0.3) is 0 Å². The maximum absolute atomic E-state index is 12.5. The second-order valence-corrected chi connectivity index (χ2v) is 6.07. The third-order valence-electron chi connectivity index (χ3n) is 2.11. The van der Waals surface area contributed by atoms with Crippen LogP contribution in [0.25, 0.3) is 0 Å². The number of alkyl halides is 3. The molecule has 1 aromatic rings. The van der Waals surface area contributed by atoms with Crippen LogP contribution < -0.4 is 4.72 Å². The maximum Gasteiger partial charge on any atom is 0.416 e. The van der Waals surface area contributed by atoms with Gasteiger partial charge in [0.2, 0.25) is 10.0 Å². The van der Waals surface area contributed by atoms with Gasteiger partial charge in [-0.05, 0) is 25.1 Å². The highest BCUT2D eigenvalue weighted by Gasteiger charge is 2.32. The van der Waals surface area contributed by atoms with Crippen LogP contribution in [0.15, 0.2) is 35.2 Å². The summed E-state index contributed by atoms with van der Waals surface area (Å²) in [5, 5.41) is -0.276. The Kier molecular flexibility index (Phi) is 4.65. The number of nitrogens with one attached hydrogen (secondary N) is 1. The second kappa shape index (κ2) is 5.52. The van der Waals surface area contributed by atoms with E-state index < -0.39 is 26.7 Å². The van der Waals surface area contributed by atoms with E-state index in [9.17, 15) is 21.6 Å². The molecule has 0 aliphatic carbocycles. The average Bonchev–Trinajstić information content (AvgIpc) is 2.25. The van der Waals surface area contributed by atoms with E-state index in [-0.39, 0.29) is 11.6 Å². The molecule has 0 saturated carbocycles. The van der Waals surface area contributed by atoms with Gasteiger partial charge in [0.05, 0.1) is 10.6 Å². The fourth-order valence-electron chi connectivity index (χ4n) is 1.18. The molecule has 0 aromatic heterocycles. The van der Waals surface area contributed by atoms with Gasteiger partial charge in [-0.3, -0.25) is 0 Å². The number of hydrogen-bond acceptors (Lipinski definition) is 2. The molecular formula is C11H11ClF3NO2S. The summed E-state index contributed by atoms with van der Waals surface area (Å²) >= 11 is 5.64. The quantitative estimate of drug-likeness (QED) is 0.868. The molecule has 0 aliphatic heterocycles. The van der Waals surface area contributed by atoms with E-state index in [1.54, 1.807) is 6.92 Å². The SMILES string of the molecule is C=C(C)CNS(=O)(=O)c1cc(C(F)(F)F)ccc1Cl. The molecule has 0 heterocycles. The molecule has 0 spiro atoms. The summed E-state index contributed by atoms with van der Waals surface area (Å²) in [6.07, 6.45) is -4.64. The molecule has 0 bridgehead atoms. The van der Waals surface area contributed by atoms with Gasteiger partial charge in [0.1, 0.15) is 4.90 Å². The van der Waals surface area contributed by atoms with Crippen molar-refractivity contribution >= 4 is 21.6 Å². The van der Waals surface area contributed by atoms with Crippen molar-refractivity contribution in [2.24, 2.45) is 0 Å². The molecule has 0 amide bonds. The minimum atomic E-state index is -4.64. The van der Waals surface area contributed by atoms with Crippen molar-refractivity contribution in [3.8, 4) is 0 Å². The zero-order valence-corrected chi connectivity index (χ0v) is 11.5. The molecule has 1 rings (SSSR count). The van der Waals surface area contributed by atoms with Crippen molar-refractivity contribution in [3.63, 3.8) is 0 Å². The third kappa shape index (κ3) is 4.22. The molecule has 106 valence electrons. The van der Waals surface area contributed by atoms with Crippen LogP contribution in [0, 0.1) is 0 Å². The monoisotopic (exact) mass is 313 g/mol. The molecule has 1 N–H and O–H groups in total. The number of halogens is 4. The lowest BCUT2D eigenvalue weighted by Crippen LogP contribution is -2.26. The Hall–Kier alpha value is -1.05. The fourth-order valence-corrected chi connectivity index (χ4v) is 2.80. The molecule has 1 aromatic carbocycles. The third-order valence-corrected chi connectivity index (χ3v) is 3.99. The minimum absolute atomic E-state index is 0.0745. The number of benzene rings is 1. The molecule has 0 saturated heterocycles. The Bertz CT molecular complexity index is 596. The summed E-state index contributed by atoms with van der Waals surface area (Å²) in [7, 11) is -4.11. The first-order valence-electron chi connectivity index (χ1n) is 5.05. The van der Waals surface area contributed by atoms with Crippen LogP contribution in [0.3, 0.4) is 0 Å². The van der Waals surface area contributed by atoms with E-state index in [0.717, 1.165) is 12.1 Å². The largest absolute Gasteiger partial charge is 0.416 e. The molecule has 0 radical (unpaired) electrons. The maximum atomic E-state index is 12.5. The predicted octanol–water partition coefficient (Wildman–Crippen LogP) is 3.21. The van der Waals surface area contributed by atoms with E-state index in [1.807, 2.05) is 0 Å². The van der Waals surface area contributed by atoms with Crippen molar-refractivity contribution in [2.75, 3.05) is 6.54 Å². The van der Waals surface area contributed by atoms with Crippen LogP contribution in [0.2, 0.25) is 5.02 Å². The van der Waals surface area contributed by atoms with Crippen LogP contribution in [0.4, 0.5) is 13.2 Å². The van der Waals surface area contributed by atoms with Gasteiger partial charge in [-0.15, -0.1) is 0 Å². The van der Waals surface area contributed by atoms with Crippen LogP contribution in [0.1, 0.15) is 12.5 Å². The number of sulfonamides is 1. The number of hydrogen-bond donors (Lipinski definition) is 1. The smallest absolute Gasteiger partial charge is 0.207 e. The van der Waals surface area contributed by atoms with E-state index in [1.165, 1.54) is 0 Å². The van der Waals surface area contributed by atoms with Crippen molar-refractivity contribution in [1.29, 1.82) is 0 Å². The standard InChI is InChI=1S/C11H11ClF3NO2S/c1-7(2)6-16-19(17,18)10-5-8(11(13,14)15)3-4-9(10)12/h3-5,16H,1,6H2,2H3. The minimum Gasteiger partial charge on any atom is -0.207 e. The van der Waals surface area contributed by atoms with Gasteiger partial charge < -0.3 is 0 Å². The Morgan fingerprint density at radius 2 is 2.00 bits per heavy atom. The van der Waals surface area contributed by atoms with Gasteiger partial charge >= 0.3 is 6.18 Å². The summed E-state index contributed by atoms with van der Waals surface area (Å²) in [6.45, 7) is 5.00. The Morgan fingerprint density at radius 3 is 2.47 bits per heavy atom. The summed E-state index contributed by atoms with van der Waals surface area (Å²) in [5.74, 6) is 0. The first kappa shape index (κ1) is 16.0. The highest BCUT2D eigenvalue weighted by Crippen LogP contribution is 2.33. The summed E-state index contributed by atoms with van der Waals surface area (Å²) in [4.78, 5) is -0.606. The Balaban J connectivity index is 3.22. The molecule has 3 nitrogen and oxygen atoms in total. The van der Waals surface area contributed by atoms with Crippen molar-refractivity contribution in [3.05, 3.63) is 40.9 Å². The van der Waals surface area contributed by atoms with Gasteiger partial charge in [0, 0.05) is 6.54 Å². The highest BCUT2D eigenvalue weighted by molar-refractivity contribution is 7.89. The van der Waals surface area contributed by atoms with E-state index in [0.29, 0.717) is 11.6 Å². The lowest BCUT2D eigenvalue weighted by Gasteiger charge is -2.11. The summed E-state index contributed by atoms with van der Waals surface area (Å²) in [6, 6.07) is 2.13. The van der Waals surface area contributed by atoms with Gasteiger partial charge in [-0.25, -0.2) is 13.1 Å². The van der Waals surface area contributed by atoms with Gasteiger partial charge in [-0.2, -0.15) is 13.2 Å². The fraction of sp³-hybridized carbons (Fsp3) is 0.273. The molecule has 0 fully saturated rings. The second-order valence-electron chi connectivity index (χ2n) is 3.92. The van der Waals surface area contributed by atoms with Crippen LogP contribution in [-0.2, 0) is 16.2 Å². The molecular weight excluding hydrogens is 303 g/mol. The molecule has 19 heavy (non-hydrogen) atoms. The summed E-state index contributed by atoms with van der Waals surface area (Å²) in [5.41, 5.74) is -0.556. The first-order valence-corrected chi connectivity index (χ1v) is 6.91. The van der Waals surface area contributed by atoms with E-state index in [2.05, 4.69) is 11.3 Å². The van der Waals surface area contributed by atoms with E-state index in [4.69, 9.17) is 11.6 Å². The highest BCUT2D eigenvalue weighted by atomic mass is 35.5. The zero-order chi connectivity index (χ0) is 14.8. The van der Waals surface area contributed by atoms with Crippen molar-refractivity contribution < 1.29 is 21.6 Å². The summed E-state index contributed by atoms with van der Waals surface area (Å²) < 4.78 is 63.4. The predicted molar refractivity (Wildman–Crippen MR) is 66.5 cm³/mol. The van der Waals surface area contributed by atoms with Crippen molar-refractivity contribution in [2.45, 2.75) is 18.0 Å². The first-order chi connectivity index (χ1) is 8.54. The number of rotatable bonds is 4. The molecule has 0 unspecified atom stereocenters. The molecule has 0 atom stereocenters. The Morgan fingerprint density at radius 1 is 1.42 bits per heavy atom. The molecule has 8 heteroatoms. The van der Waals surface area contributed by atoms with Crippen LogP contribution in [0.5, 0.6) is 0 Å². The lowest BCUT2D eigenvalue weighted by molar-refractivity contribution is -0.137. The normalized spacial score (nSPS) is 12.5. The zero-order valence-electron chi connectivity index (χ0n) is 9.88. The van der Waals surface area contributed by atoms with E-state index >= 15 is 0 Å². The Labute approximate surface area is 114 Å². The van der Waals surface area contributed by atoms with Crippen molar-refractivity contribution in [1.82, 2.24) is 4.72 Å². The van der Waals surface area contributed by atoms with Gasteiger partial charge in [-0.1, -0.05) is 23.8 Å². The van der Waals surface area contributed by atoms with Crippen LogP contribution in [-0.4, -0.2) is 15.0 Å². The van der Waals surface area contributed by atoms with Gasteiger partial charge in [0.15, 0.2) is 0 Å². The molecule has 0 aliphatic rings. The lowest BCUT2D eigenvalue weighted by atomic mass is 10.2. The topological polar surface area (TPSA) is 46.2 Å². The average molecular weight is 314 g/mol.